The van der Waals surface area contributed by atoms with Crippen LogP contribution in [0.2, 0.25) is 0 Å². The Bertz CT molecular complexity index is 935. The van der Waals surface area contributed by atoms with Crippen LogP contribution in [0.1, 0.15) is 23.0 Å². The molecule has 0 radical (unpaired) electrons. The lowest BCUT2D eigenvalue weighted by molar-refractivity contribution is -0.531. The zero-order valence-electron chi connectivity index (χ0n) is 14.4. The van der Waals surface area contributed by atoms with Crippen LogP contribution in [-0.4, -0.2) is 16.9 Å². The Balaban J connectivity index is 2.32. The summed E-state index contributed by atoms with van der Waals surface area (Å²) < 4.78 is 0. The van der Waals surface area contributed by atoms with Crippen LogP contribution in [-0.2, 0) is 4.79 Å². The molecule has 0 aliphatic heterocycles. The molecule has 4 N–H and O–H groups in total. The van der Waals surface area contributed by atoms with E-state index in [0.29, 0.717) is 11.1 Å². The first-order chi connectivity index (χ1) is 13.0. The number of allylic oxidation sites excluding steroid dienone is 1. The Labute approximate surface area is 156 Å². The van der Waals surface area contributed by atoms with Gasteiger partial charge in [-0.25, -0.2) is 0 Å². The van der Waals surface area contributed by atoms with Gasteiger partial charge in [0.1, 0.15) is 0 Å². The molecule has 0 spiro atoms. The number of nitrogens with two attached hydrogens (primary N) is 2. The molecule has 4 atom stereocenters. The summed E-state index contributed by atoms with van der Waals surface area (Å²) >= 11 is 0. The van der Waals surface area contributed by atoms with Crippen LogP contribution >= 0.6 is 0 Å². The number of benzene rings is 2. The van der Waals surface area contributed by atoms with Gasteiger partial charge in [-0.05, 0) is 11.1 Å². The number of carbonyl (C=O) groups excluding carboxylic acids is 1. The second-order valence-electron chi connectivity index (χ2n) is 6.44. The molecule has 136 valence electrons. The summed E-state index contributed by atoms with van der Waals surface area (Å²) in [6.07, 6.45) is 0. The number of carbonyl (C=O) groups is 1. The minimum absolute atomic E-state index is 0.00538. The molecular formula is C20H18N4O3. The van der Waals surface area contributed by atoms with Crippen molar-refractivity contribution in [2.45, 2.75) is 17.9 Å². The average Bonchev–Trinajstić information content (AvgIpc) is 2.67. The average molecular weight is 362 g/mol. The summed E-state index contributed by atoms with van der Waals surface area (Å²) in [5.41, 5.74) is 12.9. The summed E-state index contributed by atoms with van der Waals surface area (Å²) in [5.74, 6) is -3.61. The quantitative estimate of drug-likeness (QED) is 0.633. The molecule has 3 rings (SSSR count). The van der Waals surface area contributed by atoms with E-state index in [4.69, 9.17) is 11.5 Å². The van der Waals surface area contributed by atoms with Crippen molar-refractivity contribution in [1.29, 1.82) is 5.26 Å². The molecule has 2 aromatic rings. The van der Waals surface area contributed by atoms with E-state index in [2.05, 4.69) is 0 Å². The minimum atomic E-state index is -1.26. The van der Waals surface area contributed by atoms with E-state index < -0.39 is 34.6 Å². The van der Waals surface area contributed by atoms with Crippen molar-refractivity contribution in [2.75, 3.05) is 0 Å². The van der Waals surface area contributed by atoms with Crippen molar-refractivity contribution in [3.05, 3.63) is 93.2 Å². The van der Waals surface area contributed by atoms with E-state index in [1.165, 1.54) is 0 Å². The predicted molar refractivity (Wildman–Crippen MR) is 98.7 cm³/mol. The fourth-order valence-corrected chi connectivity index (χ4v) is 3.90. The summed E-state index contributed by atoms with van der Waals surface area (Å²) in [6.45, 7) is 0. The Hall–Kier alpha value is -3.66. The monoisotopic (exact) mass is 362 g/mol. The van der Waals surface area contributed by atoms with Crippen LogP contribution < -0.4 is 11.5 Å². The molecular weight excluding hydrogens is 344 g/mol. The van der Waals surface area contributed by atoms with E-state index in [1.54, 1.807) is 60.7 Å². The van der Waals surface area contributed by atoms with Crippen molar-refractivity contribution in [3.8, 4) is 6.07 Å². The fraction of sp³-hybridized carbons (Fsp3) is 0.200. The van der Waals surface area contributed by atoms with Crippen molar-refractivity contribution >= 4 is 5.91 Å². The van der Waals surface area contributed by atoms with Gasteiger partial charge < -0.3 is 11.5 Å². The van der Waals surface area contributed by atoms with Gasteiger partial charge >= 0.3 is 0 Å². The van der Waals surface area contributed by atoms with Gasteiger partial charge in [-0.3, -0.25) is 14.9 Å². The lowest BCUT2D eigenvalue weighted by atomic mass is 9.65. The van der Waals surface area contributed by atoms with Gasteiger partial charge in [0.05, 0.1) is 29.4 Å². The number of nitrogens with zero attached hydrogens (tertiary/aromatic N) is 2. The summed E-state index contributed by atoms with van der Waals surface area (Å²) in [6, 6.07) is 18.2. The SMILES string of the molecule is N#C[C@@H]1C(N)=C(C(N)=O)[C@@H](c2ccccc2)[C@H]([N+](=O)[O-])[C@H]1c1ccccc1. The van der Waals surface area contributed by atoms with E-state index in [0.717, 1.165) is 0 Å². The summed E-state index contributed by atoms with van der Waals surface area (Å²) in [7, 11) is 0. The topological polar surface area (TPSA) is 136 Å². The molecule has 1 aliphatic carbocycles. The van der Waals surface area contributed by atoms with Gasteiger partial charge in [-0.15, -0.1) is 0 Å². The van der Waals surface area contributed by atoms with Crippen molar-refractivity contribution < 1.29 is 9.72 Å². The summed E-state index contributed by atoms with van der Waals surface area (Å²) in [5, 5.41) is 21.8. The van der Waals surface area contributed by atoms with Gasteiger partial charge in [-0.1, -0.05) is 60.7 Å². The zero-order valence-corrected chi connectivity index (χ0v) is 14.4. The van der Waals surface area contributed by atoms with Crippen LogP contribution in [0.15, 0.2) is 71.9 Å². The molecule has 0 bridgehead atoms. The summed E-state index contributed by atoms with van der Waals surface area (Å²) in [4.78, 5) is 23.9. The van der Waals surface area contributed by atoms with Crippen molar-refractivity contribution in [2.24, 2.45) is 17.4 Å². The van der Waals surface area contributed by atoms with E-state index in [1.807, 2.05) is 6.07 Å². The predicted octanol–water partition coefficient (Wildman–Crippen LogP) is 2.05. The number of primary amides is 1. The van der Waals surface area contributed by atoms with E-state index >= 15 is 0 Å². The largest absolute Gasteiger partial charge is 0.401 e. The highest BCUT2D eigenvalue weighted by atomic mass is 16.6. The van der Waals surface area contributed by atoms with Crippen LogP contribution in [0.25, 0.3) is 0 Å². The smallest absolute Gasteiger partial charge is 0.247 e. The van der Waals surface area contributed by atoms with Crippen LogP contribution in [0.4, 0.5) is 0 Å². The number of nitro groups is 1. The number of rotatable bonds is 4. The molecule has 2 aromatic carbocycles. The molecule has 0 aromatic heterocycles. The third-order valence-corrected chi connectivity index (χ3v) is 5.02. The maximum Gasteiger partial charge on any atom is 0.247 e. The lowest BCUT2D eigenvalue weighted by Crippen LogP contribution is -2.46. The molecule has 7 nitrogen and oxygen atoms in total. The highest BCUT2D eigenvalue weighted by molar-refractivity contribution is 5.95. The maximum absolute atomic E-state index is 12.2. The molecule has 27 heavy (non-hydrogen) atoms. The third kappa shape index (κ3) is 3.13. The van der Waals surface area contributed by atoms with Crippen LogP contribution in [0, 0.1) is 27.4 Å². The molecule has 7 heteroatoms. The van der Waals surface area contributed by atoms with Gasteiger partial charge in [-0.2, -0.15) is 5.26 Å². The van der Waals surface area contributed by atoms with Crippen LogP contribution in [0.3, 0.4) is 0 Å². The zero-order chi connectivity index (χ0) is 19.6. The molecule has 0 heterocycles. The second kappa shape index (κ2) is 7.30. The first-order valence-electron chi connectivity index (χ1n) is 8.39. The molecule has 1 aliphatic rings. The Kier molecular flexibility index (Phi) is 4.90. The van der Waals surface area contributed by atoms with Crippen molar-refractivity contribution in [3.63, 3.8) is 0 Å². The molecule has 1 amide bonds. The number of hydrogen-bond acceptors (Lipinski definition) is 5. The van der Waals surface area contributed by atoms with Gasteiger partial charge in [0, 0.05) is 10.6 Å². The second-order valence-corrected chi connectivity index (χ2v) is 6.44. The van der Waals surface area contributed by atoms with Gasteiger partial charge in [0.2, 0.25) is 11.9 Å². The molecule has 0 unspecified atom stereocenters. The number of nitriles is 1. The van der Waals surface area contributed by atoms with Crippen LogP contribution in [0.5, 0.6) is 0 Å². The van der Waals surface area contributed by atoms with E-state index in [-0.39, 0.29) is 11.3 Å². The van der Waals surface area contributed by atoms with Gasteiger partial charge in [0.25, 0.3) is 0 Å². The van der Waals surface area contributed by atoms with Gasteiger partial charge in [0.15, 0.2) is 0 Å². The molecule has 0 saturated carbocycles. The Morgan fingerprint density at radius 2 is 1.56 bits per heavy atom. The third-order valence-electron chi connectivity index (χ3n) is 5.02. The minimum Gasteiger partial charge on any atom is -0.401 e. The number of hydrogen-bond donors (Lipinski definition) is 2. The highest BCUT2D eigenvalue weighted by Crippen LogP contribution is 2.47. The lowest BCUT2D eigenvalue weighted by Gasteiger charge is -2.37. The Morgan fingerprint density at radius 1 is 1.04 bits per heavy atom. The fourth-order valence-electron chi connectivity index (χ4n) is 3.90. The maximum atomic E-state index is 12.2. The molecule has 0 fully saturated rings. The first kappa shape index (κ1) is 18.1. The standard InChI is InChI=1S/C20H18N4O3/c21-11-14-15(12-7-3-1-4-8-12)19(24(26)27)16(13-9-5-2-6-10-13)17(18(14)22)20(23)25/h1-10,14-16,19H,22H2,(H2,23,25)/t14-,15-,16+,19+/m0/s1. The Morgan fingerprint density at radius 3 is 2.00 bits per heavy atom. The van der Waals surface area contributed by atoms with E-state index in [9.17, 15) is 20.2 Å². The van der Waals surface area contributed by atoms with Crippen molar-refractivity contribution in [1.82, 2.24) is 0 Å². The molecule has 0 saturated heterocycles. The number of amides is 1. The normalized spacial score (nSPS) is 24.9. The first-order valence-corrected chi connectivity index (χ1v) is 8.39. The highest BCUT2D eigenvalue weighted by Gasteiger charge is 2.53.